The van der Waals surface area contributed by atoms with Crippen LogP contribution >= 0.6 is 0 Å². The lowest BCUT2D eigenvalue weighted by Crippen LogP contribution is -2.11. The number of aromatic nitrogens is 4. The van der Waals surface area contributed by atoms with Gasteiger partial charge in [-0.1, -0.05) is 48.5 Å². The molecular formula is C42H26N6. The van der Waals surface area contributed by atoms with Gasteiger partial charge in [-0.15, -0.1) is 0 Å². The van der Waals surface area contributed by atoms with E-state index in [0.29, 0.717) is 0 Å². The highest BCUT2D eigenvalue weighted by atomic mass is 14.8. The van der Waals surface area contributed by atoms with E-state index in [1.54, 1.807) is 24.8 Å². The molecule has 0 saturated carbocycles. The van der Waals surface area contributed by atoms with Crippen molar-refractivity contribution in [1.82, 2.24) is 19.9 Å². The third-order valence-electron chi connectivity index (χ3n) is 8.73. The molecule has 9 rings (SSSR count). The maximum absolute atomic E-state index is 5.47. The Bertz CT molecular complexity index is 2340. The number of nitrogens with zero attached hydrogens (tertiary/aromatic N) is 6. The van der Waals surface area contributed by atoms with Crippen LogP contribution in [0.15, 0.2) is 168 Å². The minimum absolute atomic E-state index is 0.815. The van der Waals surface area contributed by atoms with E-state index in [2.05, 4.69) is 94.9 Å². The fourth-order valence-corrected chi connectivity index (χ4v) is 6.28. The van der Waals surface area contributed by atoms with Gasteiger partial charge in [0.15, 0.2) is 0 Å². The Balaban J connectivity index is 1.29. The van der Waals surface area contributed by atoms with Crippen LogP contribution in [0.2, 0.25) is 0 Å². The van der Waals surface area contributed by atoms with Crippen molar-refractivity contribution < 1.29 is 0 Å². The molecule has 0 radical (unpaired) electrons. The molecule has 1 aliphatic heterocycles. The zero-order valence-electron chi connectivity index (χ0n) is 25.7. The standard InChI is InChI=1S/C42H26N6/c1-3-7-31-23-39-35(21-29(31)5-1)41(33-9-11-37(45-25-33)27-13-17-43-18-14-27)48-40-24-32-8-4-2-6-30(32)22-36(40)42(47-39)34-10-12-38(46-26-34)28-15-19-44-20-16-28/h1-26H. The van der Waals surface area contributed by atoms with Crippen molar-refractivity contribution in [3.8, 4) is 22.5 Å². The van der Waals surface area contributed by atoms with Crippen molar-refractivity contribution in [3.05, 3.63) is 181 Å². The topological polar surface area (TPSA) is 76.3 Å². The van der Waals surface area contributed by atoms with Crippen LogP contribution in [0.25, 0.3) is 44.1 Å². The molecule has 0 saturated heterocycles. The third-order valence-corrected chi connectivity index (χ3v) is 8.73. The van der Waals surface area contributed by atoms with E-state index in [0.717, 1.165) is 89.1 Å². The lowest BCUT2D eigenvalue weighted by Gasteiger charge is -2.19. The van der Waals surface area contributed by atoms with Gasteiger partial charge in [0.25, 0.3) is 0 Å². The molecule has 48 heavy (non-hydrogen) atoms. The summed E-state index contributed by atoms with van der Waals surface area (Å²) in [5.74, 6) is 0. The summed E-state index contributed by atoms with van der Waals surface area (Å²) in [6.07, 6.45) is 10.9. The smallest absolute Gasteiger partial charge is 0.0819 e. The van der Waals surface area contributed by atoms with Crippen LogP contribution in [0.4, 0.5) is 11.4 Å². The maximum atomic E-state index is 5.47. The number of pyridine rings is 4. The number of fused-ring (bicyclic) bond motifs is 4. The van der Waals surface area contributed by atoms with Gasteiger partial charge in [-0.25, -0.2) is 9.98 Å². The third kappa shape index (κ3) is 5.02. The lowest BCUT2D eigenvalue weighted by atomic mass is 9.93. The molecule has 0 amide bonds. The Morgan fingerprint density at radius 3 is 1.12 bits per heavy atom. The van der Waals surface area contributed by atoms with E-state index < -0.39 is 0 Å². The Morgan fingerprint density at radius 1 is 0.354 bits per heavy atom. The van der Waals surface area contributed by atoms with Gasteiger partial charge >= 0.3 is 0 Å². The summed E-state index contributed by atoms with van der Waals surface area (Å²) in [6.45, 7) is 0. The SMILES string of the molecule is c1ccc2cc3c(cc2c1)N=C(c1ccc(-c2ccncc2)nc1)c1cc2ccccc2cc1N=C3c1ccc(-c2ccncc2)nc1. The van der Waals surface area contributed by atoms with E-state index in [1.807, 2.05) is 48.8 Å². The maximum Gasteiger partial charge on any atom is 0.0819 e. The van der Waals surface area contributed by atoms with Crippen molar-refractivity contribution in [1.29, 1.82) is 0 Å². The van der Waals surface area contributed by atoms with E-state index >= 15 is 0 Å². The van der Waals surface area contributed by atoms with E-state index in [9.17, 15) is 0 Å². The van der Waals surface area contributed by atoms with Crippen LogP contribution in [0.3, 0.4) is 0 Å². The Morgan fingerprint density at radius 2 is 0.750 bits per heavy atom. The first-order valence-corrected chi connectivity index (χ1v) is 15.7. The number of rotatable bonds is 4. The molecule has 0 aliphatic carbocycles. The molecule has 0 fully saturated rings. The molecule has 4 aromatic carbocycles. The molecule has 0 spiro atoms. The van der Waals surface area contributed by atoms with Crippen LogP contribution in [0.5, 0.6) is 0 Å². The zero-order chi connectivity index (χ0) is 31.9. The quantitative estimate of drug-likeness (QED) is 0.198. The van der Waals surface area contributed by atoms with Crippen molar-refractivity contribution in [2.24, 2.45) is 9.98 Å². The summed E-state index contributed by atoms with van der Waals surface area (Å²) in [4.78, 5) is 29.0. The molecular weight excluding hydrogens is 589 g/mol. The second-order valence-electron chi connectivity index (χ2n) is 11.7. The summed E-state index contributed by atoms with van der Waals surface area (Å²) in [5, 5.41) is 4.44. The van der Waals surface area contributed by atoms with Crippen LogP contribution < -0.4 is 0 Å². The molecule has 0 unspecified atom stereocenters. The lowest BCUT2D eigenvalue weighted by molar-refractivity contribution is 1.27. The molecule has 0 atom stereocenters. The average Bonchev–Trinajstić information content (AvgIpc) is 3.16. The average molecular weight is 615 g/mol. The fourth-order valence-electron chi connectivity index (χ4n) is 6.28. The van der Waals surface area contributed by atoms with Crippen LogP contribution in [-0.2, 0) is 0 Å². The first kappa shape index (κ1) is 27.6. The van der Waals surface area contributed by atoms with Crippen LogP contribution in [0, 0.1) is 0 Å². The second kappa shape index (κ2) is 11.6. The molecule has 6 nitrogen and oxygen atoms in total. The van der Waals surface area contributed by atoms with Gasteiger partial charge in [0.05, 0.1) is 34.2 Å². The molecule has 6 heteroatoms. The molecule has 1 aliphatic rings. The summed E-state index contributed by atoms with van der Waals surface area (Å²) in [6, 6.07) is 41.6. The largest absolute Gasteiger partial charge is 0.265 e. The molecule has 0 bridgehead atoms. The van der Waals surface area contributed by atoms with Gasteiger partial charge in [0.1, 0.15) is 0 Å². The van der Waals surface area contributed by atoms with Crippen molar-refractivity contribution in [2.75, 3.05) is 0 Å². The number of benzene rings is 4. The zero-order valence-corrected chi connectivity index (χ0v) is 25.7. The van der Waals surface area contributed by atoms with Gasteiger partial charge < -0.3 is 0 Å². The molecule has 0 N–H and O–H groups in total. The van der Waals surface area contributed by atoms with Crippen molar-refractivity contribution in [2.45, 2.75) is 0 Å². The monoisotopic (exact) mass is 614 g/mol. The van der Waals surface area contributed by atoms with Crippen LogP contribution in [0.1, 0.15) is 22.3 Å². The second-order valence-corrected chi connectivity index (χ2v) is 11.7. The Hall–Kier alpha value is -6.66. The summed E-state index contributed by atoms with van der Waals surface area (Å²) in [5.41, 5.74) is 10.8. The summed E-state index contributed by atoms with van der Waals surface area (Å²) >= 11 is 0. The van der Waals surface area contributed by atoms with E-state index in [4.69, 9.17) is 20.0 Å². The van der Waals surface area contributed by atoms with Gasteiger partial charge in [-0.05, 0) is 94.3 Å². The number of hydrogen-bond acceptors (Lipinski definition) is 6. The van der Waals surface area contributed by atoms with Crippen molar-refractivity contribution in [3.63, 3.8) is 0 Å². The summed E-state index contributed by atoms with van der Waals surface area (Å²) < 4.78 is 0. The highest BCUT2D eigenvalue weighted by Crippen LogP contribution is 2.37. The van der Waals surface area contributed by atoms with E-state index in [-0.39, 0.29) is 0 Å². The molecule has 224 valence electrons. The number of hydrogen-bond donors (Lipinski definition) is 0. The van der Waals surface area contributed by atoms with Gasteiger partial charge in [0.2, 0.25) is 0 Å². The van der Waals surface area contributed by atoms with Crippen molar-refractivity contribution >= 4 is 44.3 Å². The predicted molar refractivity (Wildman–Crippen MR) is 193 cm³/mol. The van der Waals surface area contributed by atoms with E-state index in [1.165, 1.54) is 0 Å². The summed E-state index contributed by atoms with van der Waals surface area (Å²) in [7, 11) is 0. The van der Waals surface area contributed by atoms with Gasteiger partial charge in [0, 0.05) is 70.6 Å². The Kier molecular flexibility index (Phi) is 6.68. The molecule has 4 aromatic heterocycles. The van der Waals surface area contributed by atoms with Gasteiger partial charge in [-0.3, -0.25) is 19.9 Å². The Labute approximate surface area is 276 Å². The molecule has 5 heterocycles. The van der Waals surface area contributed by atoms with Gasteiger partial charge in [-0.2, -0.15) is 0 Å². The number of aliphatic imine (C=N–C) groups is 2. The first-order valence-electron chi connectivity index (χ1n) is 15.7. The highest BCUT2D eigenvalue weighted by Gasteiger charge is 2.22. The van der Waals surface area contributed by atoms with Crippen LogP contribution in [-0.4, -0.2) is 31.4 Å². The minimum Gasteiger partial charge on any atom is -0.265 e. The highest BCUT2D eigenvalue weighted by molar-refractivity contribution is 6.24. The normalized spacial score (nSPS) is 12.4. The first-order chi connectivity index (χ1) is 23.8. The minimum atomic E-state index is 0.815. The molecule has 8 aromatic rings. The fraction of sp³-hybridized carbons (Fsp3) is 0. The predicted octanol–water partition coefficient (Wildman–Crippen LogP) is 9.56.